The molecule has 1 amide bonds. The zero-order valence-electron chi connectivity index (χ0n) is 10.6. The Bertz CT molecular complexity index is 569. The molecule has 20 heavy (non-hydrogen) atoms. The molecule has 0 fully saturated rings. The van der Waals surface area contributed by atoms with Crippen LogP contribution < -0.4 is 5.32 Å². The minimum Gasteiger partial charge on any atom is -0.479 e. The number of carbonyl (C=O) groups excluding carboxylic acids is 1. The summed E-state index contributed by atoms with van der Waals surface area (Å²) in [7, 11) is 0. The third kappa shape index (κ3) is 3.64. The predicted molar refractivity (Wildman–Crippen MR) is 69.6 cm³/mol. The van der Waals surface area contributed by atoms with Crippen LogP contribution in [-0.2, 0) is 16.1 Å². The van der Waals surface area contributed by atoms with Gasteiger partial charge in [-0.3, -0.25) is 9.48 Å². The average Bonchev–Trinajstić information content (AvgIpc) is 2.96. The summed E-state index contributed by atoms with van der Waals surface area (Å²) in [6, 6.07) is 7.53. The highest BCUT2D eigenvalue weighted by atomic mass is 16.4. The second-order valence-corrected chi connectivity index (χ2v) is 4.16. The van der Waals surface area contributed by atoms with E-state index < -0.39 is 12.0 Å². The smallest absolute Gasteiger partial charge is 0.330 e. The fourth-order valence-electron chi connectivity index (χ4n) is 1.73. The highest BCUT2D eigenvalue weighted by Crippen LogP contribution is 2.12. The second kappa shape index (κ2) is 6.46. The topological polar surface area (TPSA) is 97.1 Å². The largest absolute Gasteiger partial charge is 0.479 e. The molecule has 0 aliphatic carbocycles. The van der Waals surface area contributed by atoms with Crippen LogP contribution in [0.4, 0.5) is 0 Å². The number of aromatic nitrogens is 3. The summed E-state index contributed by atoms with van der Waals surface area (Å²) >= 11 is 0. The summed E-state index contributed by atoms with van der Waals surface area (Å²) in [6.45, 7) is 0.354. The Morgan fingerprint density at radius 2 is 2.05 bits per heavy atom. The molecule has 7 nitrogen and oxygen atoms in total. The van der Waals surface area contributed by atoms with E-state index in [-0.39, 0.29) is 12.3 Å². The molecule has 1 unspecified atom stereocenters. The number of rotatable bonds is 6. The van der Waals surface area contributed by atoms with E-state index in [1.54, 1.807) is 30.3 Å². The molecule has 0 aliphatic heterocycles. The van der Waals surface area contributed by atoms with E-state index >= 15 is 0 Å². The lowest BCUT2D eigenvalue weighted by Crippen LogP contribution is -2.34. The number of benzene rings is 1. The van der Waals surface area contributed by atoms with Crippen LogP contribution >= 0.6 is 0 Å². The summed E-state index contributed by atoms with van der Waals surface area (Å²) in [5.41, 5.74) is 0.536. The molecule has 0 saturated carbocycles. The Hall–Kier alpha value is -2.70. The monoisotopic (exact) mass is 274 g/mol. The molecule has 104 valence electrons. The van der Waals surface area contributed by atoms with Gasteiger partial charge in [-0.1, -0.05) is 30.3 Å². The first-order valence-corrected chi connectivity index (χ1v) is 6.06. The minimum absolute atomic E-state index is 0.139. The van der Waals surface area contributed by atoms with E-state index in [1.165, 1.54) is 17.3 Å². The fraction of sp³-hybridized carbons (Fsp3) is 0.231. The highest BCUT2D eigenvalue weighted by molar-refractivity contribution is 5.84. The molecule has 0 saturated heterocycles. The molecular formula is C13H14N4O3. The molecule has 7 heteroatoms. The quantitative estimate of drug-likeness (QED) is 0.804. The normalized spacial score (nSPS) is 11.8. The summed E-state index contributed by atoms with van der Waals surface area (Å²) in [5, 5.41) is 15.6. The molecule has 1 atom stereocenters. The van der Waals surface area contributed by atoms with Crippen molar-refractivity contribution < 1.29 is 14.7 Å². The Morgan fingerprint density at radius 3 is 2.65 bits per heavy atom. The fourth-order valence-corrected chi connectivity index (χ4v) is 1.73. The predicted octanol–water partition coefficient (Wildman–Crippen LogP) is 0.610. The molecule has 0 radical (unpaired) electrons. The van der Waals surface area contributed by atoms with E-state index in [0.29, 0.717) is 12.1 Å². The number of carboxylic acid groups (broad SMARTS) is 1. The number of aliphatic carboxylic acids is 1. The first-order chi connectivity index (χ1) is 9.66. The van der Waals surface area contributed by atoms with Gasteiger partial charge in [-0.15, -0.1) is 0 Å². The Morgan fingerprint density at radius 1 is 1.30 bits per heavy atom. The van der Waals surface area contributed by atoms with Crippen molar-refractivity contribution in [2.24, 2.45) is 0 Å². The van der Waals surface area contributed by atoms with Gasteiger partial charge in [-0.05, 0) is 5.56 Å². The third-order valence-electron chi connectivity index (χ3n) is 2.72. The second-order valence-electron chi connectivity index (χ2n) is 4.16. The van der Waals surface area contributed by atoms with Crippen molar-refractivity contribution in [3.05, 3.63) is 48.5 Å². The van der Waals surface area contributed by atoms with Gasteiger partial charge in [0, 0.05) is 6.42 Å². The van der Waals surface area contributed by atoms with Crippen molar-refractivity contribution in [2.45, 2.75) is 19.0 Å². The van der Waals surface area contributed by atoms with Crippen LogP contribution in [0.2, 0.25) is 0 Å². The first-order valence-electron chi connectivity index (χ1n) is 6.06. The van der Waals surface area contributed by atoms with Gasteiger partial charge in [0.05, 0.1) is 6.54 Å². The Balaban J connectivity index is 1.95. The summed E-state index contributed by atoms with van der Waals surface area (Å²) in [4.78, 5) is 26.8. The maximum Gasteiger partial charge on any atom is 0.330 e. The van der Waals surface area contributed by atoms with E-state index in [0.717, 1.165) is 0 Å². The molecule has 1 aromatic heterocycles. The molecule has 0 spiro atoms. The van der Waals surface area contributed by atoms with E-state index in [2.05, 4.69) is 15.4 Å². The number of amides is 1. The van der Waals surface area contributed by atoms with Gasteiger partial charge < -0.3 is 10.4 Å². The van der Waals surface area contributed by atoms with Gasteiger partial charge in [0.15, 0.2) is 6.04 Å². The maximum atomic E-state index is 11.8. The summed E-state index contributed by atoms with van der Waals surface area (Å²) in [6.07, 6.45) is 3.01. The lowest BCUT2D eigenvalue weighted by Gasteiger charge is -2.14. The average molecular weight is 274 g/mol. The Kier molecular flexibility index (Phi) is 4.43. The van der Waals surface area contributed by atoms with E-state index in [4.69, 9.17) is 0 Å². The standard InChI is InChI=1S/C13H14N4O3/c18-11(6-7-17-9-14-8-15-17)16-12(13(19)20)10-4-2-1-3-5-10/h1-5,8-9,12H,6-7H2,(H,16,18)(H,19,20). The van der Waals surface area contributed by atoms with Crippen molar-refractivity contribution >= 4 is 11.9 Å². The van der Waals surface area contributed by atoms with Crippen molar-refractivity contribution in [2.75, 3.05) is 0 Å². The number of carboxylic acids is 1. The van der Waals surface area contributed by atoms with Crippen LogP contribution in [0.15, 0.2) is 43.0 Å². The zero-order chi connectivity index (χ0) is 14.4. The first kappa shape index (κ1) is 13.7. The lowest BCUT2D eigenvalue weighted by molar-refractivity contribution is -0.142. The molecule has 2 rings (SSSR count). The zero-order valence-corrected chi connectivity index (χ0v) is 10.6. The third-order valence-corrected chi connectivity index (χ3v) is 2.72. The summed E-state index contributed by atoms with van der Waals surface area (Å²) < 4.78 is 1.51. The van der Waals surface area contributed by atoms with Gasteiger partial charge in [-0.25, -0.2) is 9.78 Å². The maximum absolute atomic E-state index is 11.8. The van der Waals surface area contributed by atoms with Crippen molar-refractivity contribution in [3.63, 3.8) is 0 Å². The van der Waals surface area contributed by atoms with Crippen LogP contribution in [-0.4, -0.2) is 31.7 Å². The number of hydrogen-bond donors (Lipinski definition) is 2. The number of nitrogens with one attached hydrogen (secondary N) is 1. The minimum atomic E-state index is -1.09. The summed E-state index contributed by atoms with van der Waals surface area (Å²) in [5.74, 6) is -1.44. The van der Waals surface area contributed by atoms with Gasteiger partial charge in [0.1, 0.15) is 12.7 Å². The number of hydrogen-bond acceptors (Lipinski definition) is 4. The number of nitrogens with zero attached hydrogens (tertiary/aromatic N) is 3. The van der Waals surface area contributed by atoms with E-state index in [1.807, 2.05) is 0 Å². The molecule has 0 aliphatic rings. The number of aryl methyl sites for hydroxylation is 1. The lowest BCUT2D eigenvalue weighted by atomic mass is 10.1. The number of carbonyl (C=O) groups is 2. The van der Waals surface area contributed by atoms with Crippen molar-refractivity contribution in [1.29, 1.82) is 0 Å². The van der Waals surface area contributed by atoms with Gasteiger partial charge in [0.25, 0.3) is 0 Å². The van der Waals surface area contributed by atoms with Gasteiger partial charge >= 0.3 is 5.97 Å². The van der Waals surface area contributed by atoms with Gasteiger partial charge in [-0.2, -0.15) is 5.10 Å². The molecular weight excluding hydrogens is 260 g/mol. The molecule has 0 bridgehead atoms. The van der Waals surface area contributed by atoms with Crippen LogP contribution in [0, 0.1) is 0 Å². The highest BCUT2D eigenvalue weighted by Gasteiger charge is 2.21. The van der Waals surface area contributed by atoms with Gasteiger partial charge in [0.2, 0.25) is 5.91 Å². The SMILES string of the molecule is O=C(CCn1cncn1)NC(C(=O)O)c1ccccc1. The molecule has 1 heterocycles. The van der Waals surface area contributed by atoms with Crippen LogP contribution in [0.25, 0.3) is 0 Å². The molecule has 1 aromatic carbocycles. The van der Waals surface area contributed by atoms with Crippen LogP contribution in [0.5, 0.6) is 0 Å². The van der Waals surface area contributed by atoms with Crippen LogP contribution in [0.3, 0.4) is 0 Å². The van der Waals surface area contributed by atoms with E-state index in [9.17, 15) is 14.7 Å². The van der Waals surface area contributed by atoms with Crippen LogP contribution in [0.1, 0.15) is 18.0 Å². The Labute approximate surface area is 115 Å². The van der Waals surface area contributed by atoms with Crippen molar-refractivity contribution in [3.8, 4) is 0 Å². The molecule has 2 N–H and O–H groups in total. The van der Waals surface area contributed by atoms with Crippen molar-refractivity contribution in [1.82, 2.24) is 20.1 Å². The molecule has 2 aromatic rings.